The van der Waals surface area contributed by atoms with Crippen LogP contribution >= 0.6 is 46.4 Å². The van der Waals surface area contributed by atoms with Crippen LogP contribution in [0.15, 0.2) is 66.7 Å². The van der Waals surface area contributed by atoms with Crippen LogP contribution in [0, 0.1) is 5.92 Å². The molecule has 3 aromatic rings. The molecule has 1 saturated heterocycles. The van der Waals surface area contributed by atoms with Gasteiger partial charge in [0.25, 0.3) is 0 Å². The topological polar surface area (TPSA) is 32.3 Å². The number of halogens is 4. The van der Waals surface area contributed by atoms with Crippen LogP contribution < -0.4 is 5.32 Å². The van der Waals surface area contributed by atoms with Crippen LogP contribution in [0.3, 0.4) is 0 Å². The van der Waals surface area contributed by atoms with Gasteiger partial charge in [0.1, 0.15) is 0 Å². The summed E-state index contributed by atoms with van der Waals surface area (Å²) in [7, 11) is 0. The number of piperidine rings is 1. The van der Waals surface area contributed by atoms with Gasteiger partial charge in [0.2, 0.25) is 5.91 Å². The summed E-state index contributed by atoms with van der Waals surface area (Å²) in [6.07, 6.45) is 3.07. The molecule has 0 spiro atoms. The molecule has 0 bridgehead atoms. The zero-order chi connectivity index (χ0) is 25.3. The molecule has 1 N–H and O–H groups in total. The quantitative estimate of drug-likeness (QED) is 0.320. The number of carbonyl (C=O) groups excluding carboxylic acids is 1. The van der Waals surface area contributed by atoms with E-state index in [4.69, 9.17) is 46.4 Å². The van der Waals surface area contributed by atoms with E-state index in [9.17, 15) is 4.79 Å². The molecule has 2 unspecified atom stereocenters. The zero-order valence-corrected chi connectivity index (χ0v) is 22.8. The van der Waals surface area contributed by atoms with Gasteiger partial charge in [-0.3, -0.25) is 4.79 Å². The molecule has 1 amide bonds. The van der Waals surface area contributed by atoms with E-state index in [1.165, 1.54) is 5.56 Å². The largest absolute Gasteiger partial charge is 0.351 e. The number of likely N-dealkylation sites (tertiary alicyclic amines) is 1. The molecule has 2 fully saturated rings. The predicted molar refractivity (Wildman–Crippen MR) is 149 cm³/mol. The van der Waals surface area contributed by atoms with Gasteiger partial charge in [-0.1, -0.05) is 88.9 Å². The number of hydrogen-bond acceptors (Lipinski definition) is 2. The van der Waals surface area contributed by atoms with E-state index in [1.54, 1.807) is 18.2 Å². The van der Waals surface area contributed by atoms with Gasteiger partial charge in [-0.25, -0.2) is 0 Å². The number of nitrogens with zero attached hydrogens (tertiary/aromatic N) is 1. The fourth-order valence-corrected chi connectivity index (χ4v) is 6.18. The van der Waals surface area contributed by atoms with Crippen molar-refractivity contribution in [2.75, 3.05) is 19.6 Å². The molecule has 1 aliphatic heterocycles. The van der Waals surface area contributed by atoms with Crippen molar-refractivity contribution < 1.29 is 4.79 Å². The molecule has 5 rings (SSSR count). The molecule has 7 heteroatoms. The average Bonchev–Trinajstić information content (AvgIpc) is 3.62. The summed E-state index contributed by atoms with van der Waals surface area (Å²) >= 11 is 24.8. The van der Waals surface area contributed by atoms with E-state index in [0.29, 0.717) is 32.6 Å². The molecule has 1 heterocycles. The van der Waals surface area contributed by atoms with E-state index < -0.39 is 5.41 Å². The summed E-state index contributed by atoms with van der Waals surface area (Å²) in [4.78, 5) is 16.2. The van der Waals surface area contributed by atoms with Crippen molar-refractivity contribution in [3.8, 4) is 0 Å². The van der Waals surface area contributed by atoms with Gasteiger partial charge in [-0.05, 0) is 85.1 Å². The Kier molecular flexibility index (Phi) is 7.86. The second kappa shape index (κ2) is 10.9. The van der Waals surface area contributed by atoms with Crippen molar-refractivity contribution in [1.82, 2.24) is 10.2 Å². The van der Waals surface area contributed by atoms with Gasteiger partial charge in [0.05, 0.1) is 25.5 Å². The average molecular weight is 562 g/mol. The van der Waals surface area contributed by atoms with E-state index in [0.717, 1.165) is 50.0 Å². The maximum atomic E-state index is 13.7. The normalized spacial score (nSPS) is 22.4. The van der Waals surface area contributed by atoms with Crippen LogP contribution in [0.2, 0.25) is 20.1 Å². The molecule has 0 aromatic heterocycles. The van der Waals surface area contributed by atoms with Crippen molar-refractivity contribution >= 4 is 52.3 Å². The summed E-state index contributed by atoms with van der Waals surface area (Å²) in [5.74, 6) is 0.837. The molecule has 2 aliphatic rings. The molecule has 188 valence electrons. The van der Waals surface area contributed by atoms with Crippen molar-refractivity contribution in [2.24, 2.45) is 5.92 Å². The van der Waals surface area contributed by atoms with Gasteiger partial charge in [0, 0.05) is 13.1 Å². The number of amides is 1. The first-order valence-corrected chi connectivity index (χ1v) is 13.8. The Morgan fingerprint density at radius 2 is 1.53 bits per heavy atom. The van der Waals surface area contributed by atoms with E-state index in [1.807, 2.05) is 18.2 Å². The minimum atomic E-state index is -0.610. The predicted octanol–water partition coefficient (Wildman–Crippen LogP) is 7.75. The lowest BCUT2D eigenvalue weighted by molar-refractivity contribution is -0.124. The fraction of sp³-hybridized carbons (Fsp3) is 0.345. The Bertz CT molecular complexity index is 1240. The maximum Gasteiger partial charge on any atom is 0.231 e. The molecule has 3 nitrogen and oxygen atoms in total. The molecule has 1 saturated carbocycles. The van der Waals surface area contributed by atoms with Crippen LogP contribution in [0.25, 0.3) is 0 Å². The van der Waals surface area contributed by atoms with Crippen molar-refractivity contribution in [2.45, 2.75) is 37.1 Å². The number of benzene rings is 3. The summed E-state index contributed by atoms with van der Waals surface area (Å²) in [5.41, 5.74) is 2.64. The highest BCUT2D eigenvalue weighted by atomic mass is 35.5. The van der Waals surface area contributed by atoms with Crippen LogP contribution in [0.1, 0.15) is 41.9 Å². The van der Waals surface area contributed by atoms with Crippen molar-refractivity contribution in [3.05, 3.63) is 104 Å². The summed E-state index contributed by atoms with van der Waals surface area (Å²) in [5, 5.41) is 5.08. The van der Waals surface area contributed by atoms with Gasteiger partial charge in [0.15, 0.2) is 0 Å². The molecule has 1 aliphatic carbocycles. The van der Waals surface area contributed by atoms with Crippen molar-refractivity contribution in [1.29, 1.82) is 0 Å². The first-order valence-electron chi connectivity index (χ1n) is 12.3. The van der Waals surface area contributed by atoms with Crippen LogP contribution in [0.5, 0.6) is 0 Å². The second-order valence-electron chi connectivity index (χ2n) is 9.92. The zero-order valence-electron chi connectivity index (χ0n) is 19.8. The number of nitrogens with one attached hydrogen (secondary N) is 1. The lowest BCUT2D eigenvalue weighted by atomic mass is 9.88. The Hall–Kier alpha value is -1.75. The third-order valence-electron chi connectivity index (χ3n) is 7.72. The second-order valence-corrected chi connectivity index (χ2v) is 11.5. The number of hydrogen-bond donors (Lipinski definition) is 1. The summed E-state index contributed by atoms with van der Waals surface area (Å²) < 4.78 is 0. The Labute approximate surface area is 232 Å². The highest BCUT2D eigenvalue weighted by Gasteiger charge is 2.61. The minimum Gasteiger partial charge on any atom is -0.351 e. The maximum absolute atomic E-state index is 13.7. The third kappa shape index (κ3) is 5.42. The smallest absolute Gasteiger partial charge is 0.231 e. The lowest BCUT2D eigenvalue weighted by Gasteiger charge is -2.33. The van der Waals surface area contributed by atoms with Crippen LogP contribution in [-0.2, 0) is 16.8 Å². The lowest BCUT2D eigenvalue weighted by Crippen LogP contribution is -2.40. The van der Waals surface area contributed by atoms with Gasteiger partial charge < -0.3 is 10.2 Å². The minimum absolute atomic E-state index is 0.0103. The molecule has 36 heavy (non-hydrogen) atoms. The highest BCUT2D eigenvalue weighted by molar-refractivity contribution is 6.42. The van der Waals surface area contributed by atoms with E-state index in [-0.39, 0.29) is 11.8 Å². The molecular weight excluding hydrogens is 534 g/mol. The first kappa shape index (κ1) is 25.9. The first-order chi connectivity index (χ1) is 17.4. The monoisotopic (exact) mass is 560 g/mol. The van der Waals surface area contributed by atoms with Crippen molar-refractivity contribution in [3.63, 3.8) is 0 Å². The van der Waals surface area contributed by atoms with Gasteiger partial charge in [-0.2, -0.15) is 0 Å². The number of rotatable bonds is 7. The standard InChI is InChI=1S/C29H28Cl4N2O/c30-24-8-6-19(14-26(24)32)17-34-28(36)29(22-7-9-25(31)27(33)15-22)16-23(29)18-35-12-10-21(11-13-35)20-4-2-1-3-5-20/h1-9,14-15,21,23H,10-13,16-18H2,(H,34,36). The molecule has 3 aromatic carbocycles. The van der Waals surface area contributed by atoms with Crippen LogP contribution in [0.4, 0.5) is 0 Å². The molecular formula is C29H28Cl4N2O. The highest BCUT2D eigenvalue weighted by Crippen LogP contribution is 2.56. The molecule has 2 atom stereocenters. The van der Waals surface area contributed by atoms with Gasteiger partial charge >= 0.3 is 0 Å². The SMILES string of the molecule is O=C(NCc1ccc(Cl)c(Cl)c1)C1(c2ccc(Cl)c(Cl)c2)CC1CN1CCC(c2ccccc2)CC1. The fourth-order valence-electron chi connectivity index (χ4n) is 5.56. The molecule has 0 radical (unpaired) electrons. The van der Waals surface area contributed by atoms with E-state index in [2.05, 4.69) is 40.5 Å². The Morgan fingerprint density at radius 3 is 2.19 bits per heavy atom. The third-order valence-corrected chi connectivity index (χ3v) is 9.20. The summed E-state index contributed by atoms with van der Waals surface area (Å²) in [6.45, 7) is 3.35. The number of carbonyl (C=O) groups is 1. The summed E-state index contributed by atoms with van der Waals surface area (Å²) in [6, 6.07) is 21.8. The van der Waals surface area contributed by atoms with Gasteiger partial charge in [-0.15, -0.1) is 0 Å². The van der Waals surface area contributed by atoms with E-state index >= 15 is 0 Å². The van der Waals surface area contributed by atoms with Crippen LogP contribution in [-0.4, -0.2) is 30.4 Å². The Balaban J connectivity index is 1.28. The Morgan fingerprint density at radius 1 is 0.861 bits per heavy atom.